The van der Waals surface area contributed by atoms with Crippen LogP contribution in [-0.4, -0.2) is 11.1 Å². The molecule has 1 aromatic rings. The number of nitrogen functional groups attached to an aromatic ring is 2. The van der Waals surface area contributed by atoms with Crippen LogP contribution in [0.2, 0.25) is 0 Å². The highest BCUT2D eigenvalue weighted by molar-refractivity contribution is 5.93. The van der Waals surface area contributed by atoms with Crippen molar-refractivity contribution >= 4 is 17.3 Å². The Bertz CT molecular complexity index is 669. The van der Waals surface area contributed by atoms with Crippen LogP contribution >= 0.6 is 0 Å². The molecule has 4 heteroatoms. The number of hydrogen-bond donors (Lipinski definition) is 3. The number of benzene rings is 1. The second-order valence-electron chi connectivity index (χ2n) is 8.95. The van der Waals surface area contributed by atoms with Crippen LogP contribution in [0.3, 0.4) is 0 Å². The van der Waals surface area contributed by atoms with Gasteiger partial charge >= 0.3 is 5.97 Å². The van der Waals surface area contributed by atoms with Gasteiger partial charge in [0, 0.05) is 16.9 Å². The largest absolute Gasteiger partial charge is 0.478 e. The first-order valence-corrected chi connectivity index (χ1v) is 10.8. The second kappa shape index (κ2) is 8.53. The third kappa shape index (κ3) is 4.25. The van der Waals surface area contributed by atoms with Gasteiger partial charge in [-0.1, -0.05) is 32.6 Å². The minimum absolute atomic E-state index is 0.228. The zero-order chi connectivity index (χ0) is 19.6. The quantitative estimate of drug-likeness (QED) is 0.575. The van der Waals surface area contributed by atoms with E-state index < -0.39 is 5.97 Å². The van der Waals surface area contributed by atoms with E-state index in [4.69, 9.17) is 11.5 Å². The topological polar surface area (TPSA) is 89.3 Å². The molecule has 5 N–H and O–H groups in total. The van der Waals surface area contributed by atoms with Crippen molar-refractivity contribution < 1.29 is 9.90 Å². The van der Waals surface area contributed by atoms with Crippen LogP contribution in [0, 0.1) is 24.7 Å². The first-order valence-electron chi connectivity index (χ1n) is 10.8. The molecule has 0 amide bonds. The molecule has 0 radical (unpaired) electrons. The lowest BCUT2D eigenvalue weighted by Gasteiger charge is -2.38. The Kier molecular flexibility index (Phi) is 6.33. The summed E-state index contributed by atoms with van der Waals surface area (Å²) in [6.45, 7) is 4.09. The lowest BCUT2D eigenvalue weighted by molar-refractivity contribution is 0.0696. The molecular weight excluding hydrogens is 336 g/mol. The highest BCUT2D eigenvalue weighted by atomic mass is 16.4. The molecule has 2 aliphatic carbocycles. The van der Waals surface area contributed by atoms with Crippen molar-refractivity contribution in [1.29, 1.82) is 0 Å². The van der Waals surface area contributed by atoms with E-state index in [0.717, 1.165) is 36.2 Å². The summed E-state index contributed by atoms with van der Waals surface area (Å²) in [7, 11) is 0. The zero-order valence-electron chi connectivity index (χ0n) is 17.0. The summed E-state index contributed by atoms with van der Waals surface area (Å²) in [5.74, 6) is 2.15. The van der Waals surface area contributed by atoms with E-state index in [1.807, 2.05) is 0 Å². The molecule has 0 aliphatic heterocycles. The molecule has 0 saturated heterocycles. The standard InChI is InChI=1S/C23H36N2O2/c1-3-4-15-5-7-16(8-6-15)17-9-11-18(12-10-17)21-20(24)13-19(23(26)27)14(2)22(21)25/h13,15-18H,3-12,24-25H2,1-2H3,(H,26,27). The smallest absolute Gasteiger partial charge is 0.336 e. The summed E-state index contributed by atoms with van der Waals surface area (Å²) in [6, 6.07) is 1.60. The van der Waals surface area contributed by atoms with E-state index in [0.29, 0.717) is 22.9 Å². The molecule has 0 spiro atoms. The van der Waals surface area contributed by atoms with Crippen molar-refractivity contribution in [2.75, 3.05) is 11.5 Å². The summed E-state index contributed by atoms with van der Waals surface area (Å²) in [6.07, 6.45) is 13.2. The molecule has 2 aliphatic rings. The SMILES string of the molecule is CCCC1CCC(C2CCC(c3c(N)cc(C(=O)O)c(C)c3N)CC2)CC1. The Morgan fingerprint density at radius 2 is 1.59 bits per heavy atom. The zero-order valence-corrected chi connectivity index (χ0v) is 17.0. The summed E-state index contributed by atoms with van der Waals surface area (Å²) in [5.41, 5.74) is 15.6. The molecule has 0 aromatic heterocycles. The predicted octanol–water partition coefficient (Wildman–Crippen LogP) is 5.74. The van der Waals surface area contributed by atoms with Crippen LogP contribution in [0.5, 0.6) is 0 Å². The second-order valence-corrected chi connectivity index (χ2v) is 8.95. The Morgan fingerprint density at radius 1 is 1.04 bits per heavy atom. The summed E-state index contributed by atoms with van der Waals surface area (Å²) < 4.78 is 0. The van der Waals surface area contributed by atoms with Gasteiger partial charge in [-0.15, -0.1) is 0 Å². The first kappa shape index (κ1) is 20.0. The fourth-order valence-electron chi connectivity index (χ4n) is 5.76. The molecule has 0 bridgehead atoms. The molecule has 2 fully saturated rings. The Balaban J connectivity index is 1.63. The summed E-state index contributed by atoms with van der Waals surface area (Å²) in [4.78, 5) is 11.4. The van der Waals surface area contributed by atoms with Crippen molar-refractivity contribution in [2.24, 2.45) is 17.8 Å². The third-order valence-corrected chi connectivity index (χ3v) is 7.37. The van der Waals surface area contributed by atoms with Crippen LogP contribution in [0.1, 0.15) is 98.5 Å². The third-order valence-electron chi connectivity index (χ3n) is 7.37. The maximum absolute atomic E-state index is 11.4. The van der Waals surface area contributed by atoms with Gasteiger partial charge in [0.05, 0.1) is 5.56 Å². The number of hydrogen-bond acceptors (Lipinski definition) is 3. The van der Waals surface area contributed by atoms with Crippen LogP contribution in [0.25, 0.3) is 0 Å². The fourth-order valence-corrected chi connectivity index (χ4v) is 5.76. The average molecular weight is 373 g/mol. The van der Waals surface area contributed by atoms with E-state index in [1.54, 1.807) is 13.0 Å². The number of carboxylic acids is 1. The van der Waals surface area contributed by atoms with Gasteiger partial charge in [0.15, 0.2) is 0 Å². The number of rotatable bonds is 5. The van der Waals surface area contributed by atoms with Crippen LogP contribution in [0.15, 0.2) is 6.07 Å². The Morgan fingerprint density at radius 3 is 2.11 bits per heavy atom. The normalized spacial score (nSPS) is 28.8. The van der Waals surface area contributed by atoms with Crippen molar-refractivity contribution in [3.63, 3.8) is 0 Å². The lowest BCUT2D eigenvalue weighted by atomic mass is 9.67. The van der Waals surface area contributed by atoms with Gasteiger partial charge in [-0.25, -0.2) is 4.79 Å². The maximum Gasteiger partial charge on any atom is 0.336 e. The summed E-state index contributed by atoms with van der Waals surface area (Å²) >= 11 is 0. The minimum Gasteiger partial charge on any atom is -0.478 e. The molecule has 0 atom stereocenters. The summed E-state index contributed by atoms with van der Waals surface area (Å²) in [5, 5.41) is 9.34. The van der Waals surface area contributed by atoms with E-state index in [9.17, 15) is 9.90 Å². The lowest BCUT2D eigenvalue weighted by Crippen LogP contribution is -2.26. The number of aromatic carboxylic acids is 1. The number of carbonyl (C=O) groups is 1. The molecule has 4 nitrogen and oxygen atoms in total. The highest BCUT2D eigenvalue weighted by Crippen LogP contribution is 2.47. The molecule has 27 heavy (non-hydrogen) atoms. The molecular formula is C23H36N2O2. The van der Waals surface area contributed by atoms with Crippen LogP contribution in [-0.2, 0) is 0 Å². The van der Waals surface area contributed by atoms with E-state index in [-0.39, 0.29) is 5.56 Å². The van der Waals surface area contributed by atoms with Gasteiger partial charge in [-0.3, -0.25) is 0 Å². The number of anilines is 2. The molecule has 2 saturated carbocycles. The Labute approximate surface area is 163 Å². The van der Waals surface area contributed by atoms with Gasteiger partial charge in [-0.2, -0.15) is 0 Å². The van der Waals surface area contributed by atoms with Crippen molar-refractivity contribution in [2.45, 2.75) is 84.0 Å². The van der Waals surface area contributed by atoms with Gasteiger partial charge in [0.25, 0.3) is 0 Å². The van der Waals surface area contributed by atoms with Crippen LogP contribution in [0.4, 0.5) is 11.4 Å². The first-order chi connectivity index (χ1) is 12.9. The minimum atomic E-state index is -0.958. The molecule has 150 valence electrons. The van der Waals surface area contributed by atoms with Gasteiger partial charge in [0.1, 0.15) is 0 Å². The van der Waals surface area contributed by atoms with E-state index in [2.05, 4.69) is 6.92 Å². The maximum atomic E-state index is 11.4. The molecule has 3 rings (SSSR count). The monoisotopic (exact) mass is 372 g/mol. The van der Waals surface area contributed by atoms with Crippen molar-refractivity contribution in [3.8, 4) is 0 Å². The van der Waals surface area contributed by atoms with E-state index in [1.165, 1.54) is 51.4 Å². The number of carboxylic acid groups (broad SMARTS) is 1. The molecule has 0 unspecified atom stereocenters. The van der Waals surface area contributed by atoms with Gasteiger partial charge in [0.2, 0.25) is 0 Å². The molecule has 1 aromatic carbocycles. The Hall–Kier alpha value is -1.71. The van der Waals surface area contributed by atoms with Crippen molar-refractivity contribution in [1.82, 2.24) is 0 Å². The molecule has 0 heterocycles. The van der Waals surface area contributed by atoms with Crippen LogP contribution < -0.4 is 11.5 Å². The van der Waals surface area contributed by atoms with Gasteiger partial charge < -0.3 is 16.6 Å². The number of nitrogens with two attached hydrogens (primary N) is 2. The van der Waals surface area contributed by atoms with E-state index >= 15 is 0 Å². The average Bonchev–Trinajstić information content (AvgIpc) is 2.66. The van der Waals surface area contributed by atoms with Crippen molar-refractivity contribution in [3.05, 3.63) is 22.8 Å². The predicted molar refractivity (Wildman–Crippen MR) is 112 cm³/mol. The highest BCUT2D eigenvalue weighted by Gasteiger charge is 2.32. The fraction of sp³-hybridized carbons (Fsp3) is 0.696. The van der Waals surface area contributed by atoms with Gasteiger partial charge in [-0.05, 0) is 80.8 Å².